The van der Waals surface area contributed by atoms with Crippen LogP contribution >= 0.6 is 0 Å². The first-order valence-corrected chi connectivity index (χ1v) is 9.09. The lowest BCUT2D eigenvalue weighted by molar-refractivity contribution is 0.0722. The van der Waals surface area contributed by atoms with Gasteiger partial charge in [0.05, 0.1) is 17.0 Å². The van der Waals surface area contributed by atoms with E-state index in [1.165, 1.54) is 12.1 Å². The molecule has 1 aliphatic heterocycles. The molecule has 0 radical (unpaired) electrons. The van der Waals surface area contributed by atoms with Crippen LogP contribution in [0.1, 0.15) is 34.1 Å². The van der Waals surface area contributed by atoms with Gasteiger partial charge in [-0.2, -0.15) is 0 Å². The molecule has 0 aliphatic carbocycles. The number of fused-ring (bicyclic) bond motifs is 2. The summed E-state index contributed by atoms with van der Waals surface area (Å²) in [7, 11) is 3.93. The van der Waals surface area contributed by atoms with E-state index in [0.29, 0.717) is 6.54 Å². The number of carbonyl (C=O) groups excluding carboxylic acids is 1. The van der Waals surface area contributed by atoms with Gasteiger partial charge in [-0.15, -0.1) is 0 Å². The van der Waals surface area contributed by atoms with Crippen LogP contribution in [-0.4, -0.2) is 47.9 Å². The molecule has 144 valence electrons. The Balaban J connectivity index is 1.88. The predicted octanol–water partition coefficient (Wildman–Crippen LogP) is 2.82. The number of carbonyl (C=O) groups is 1. The lowest BCUT2D eigenvalue weighted by Crippen LogP contribution is -2.32. The summed E-state index contributed by atoms with van der Waals surface area (Å²) in [5.41, 5.74) is 0.801. The average Bonchev–Trinajstić information content (AvgIpc) is 2.95. The molecule has 0 fully saturated rings. The summed E-state index contributed by atoms with van der Waals surface area (Å²) in [5.74, 6) is -0.821. The lowest BCUT2D eigenvalue weighted by atomic mass is 10.00. The Hall–Kier alpha value is -3.06. The number of hydrogen-bond donors (Lipinski definition) is 0. The highest BCUT2D eigenvalue weighted by Gasteiger charge is 2.42. The Morgan fingerprint density at radius 1 is 1.25 bits per heavy atom. The van der Waals surface area contributed by atoms with Gasteiger partial charge < -0.3 is 14.2 Å². The number of halogens is 1. The summed E-state index contributed by atoms with van der Waals surface area (Å²) in [4.78, 5) is 34.1. The summed E-state index contributed by atoms with van der Waals surface area (Å²) >= 11 is 0. The van der Waals surface area contributed by atoms with Gasteiger partial charge in [0.25, 0.3) is 5.91 Å². The van der Waals surface area contributed by atoms with Crippen LogP contribution in [0, 0.1) is 5.82 Å². The maximum Gasteiger partial charge on any atom is 0.290 e. The third-order valence-electron chi connectivity index (χ3n) is 4.93. The molecule has 1 aromatic carbocycles. The molecule has 1 amide bonds. The van der Waals surface area contributed by atoms with Gasteiger partial charge in [-0.3, -0.25) is 14.6 Å². The van der Waals surface area contributed by atoms with Gasteiger partial charge in [-0.1, -0.05) is 6.07 Å². The van der Waals surface area contributed by atoms with Gasteiger partial charge in [-0.25, -0.2) is 4.39 Å². The first-order chi connectivity index (χ1) is 13.5. The average molecular weight is 381 g/mol. The molecule has 2 aromatic heterocycles. The number of pyridine rings is 1. The first kappa shape index (κ1) is 18.3. The topological polar surface area (TPSA) is 66.7 Å². The van der Waals surface area contributed by atoms with Crippen molar-refractivity contribution in [1.29, 1.82) is 0 Å². The van der Waals surface area contributed by atoms with E-state index in [1.54, 1.807) is 23.4 Å². The largest absolute Gasteiger partial charge is 0.450 e. The molecule has 0 saturated carbocycles. The second-order valence-corrected chi connectivity index (χ2v) is 7.16. The van der Waals surface area contributed by atoms with E-state index in [4.69, 9.17) is 4.42 Å². The van der Waals surface area contributed by atoms with Crippen molar-refractivity contribution in [3.8, 4) is 0 Å². The fourth-order valence-electron chi connectivity index (χ4n) is 3.66. The molecule has 3 heterocycles. The molecule has 1 atom stereocenters. The molecule has 1 aliphatic rings. The quantitative estimate of drug-likeness (QED) is 0.680. The van der Waals surface area contributed by atoms with E-state index in [2.05, 4.69) is 4.98 Å². The number of amides is 1. The zero-order valence-corrected chi connectivity index (χ0v) is 15.7. The zero-order valence-electron chi connectivity index (χ0n) is 15.7. The Bertz CT molecular complexity index is 1100. The van der Waals surface area contributed by atoms with Crippen molar-refractivity contribution in [2.45, 2.75) is 12.5 Å². The Morgan fingerprint density at radius 2 is 2.07 bits per heavy atom. The number of hydrogen-bond acceptors (Lipinski definition) is 5. The van der Waals surface area contributed by atoms with Gasteiger partial charge in [0.2, 0.25) is 5.76 Å². The van der Waals surface area contributed by atoms with Gasteiger partial charge in [0.1, 0.15) is 11.4 Å². The molecule has 0 bridgehead atoms. The number of benzene rings is 1. The summed E-state index contributed by atoms with van der Waals surface area (Å²) < 4.78 is 19.5. The highest BCUT2D eigenvalue weighted by atomic mass is 19.1. The van der Waals surface area contributed by atoms with Gasteiger partial charge >= 0.3 is 0 Å². The van der Waals surface area contributed by atoms with E-state index in [0.717, 1.165) is 24.6 Å². The first-order valence-electron chi connectivity index (χ1n) is 9.09. The third kappa shape index (κ3) is 3.07. The molecule has 4 rings (SSSR count). The van der Waals surface area contributed by atoms with Crippen molar-refractivity contribution < 1.29 is 13.6 Å². The third-order valence-corrected chi connectivity index (χ3v) is 4.93. The Labute approximate surface area is 161 Å². The van der Waals surface area contributed by atoms with Crippen LogP contribution in [-0.2, 0) is 0 Å². The monoisotopic (exact) mass is 381 g/mol. The highest BCUT2D eigenvalue weighted by molar-refractivity contribution is 5.99. The second-order valence-electron chi connectivity index (χ2n) is 7.16. The predicted molar refractivity (Wildman–Crippen MR) is 103 cm³/mol. The van der Waals surface area contributed by atoms with Crippen LogP contribution < -0.4 is 5.43 Å². The van der Waals surface area contributed by atoms with E-state index < -0.39 is 11.9 Å². The molecule has 7 heteroatoms. The maximum atomic E-state index is 13.7. The van der Waals surface area contributed by atoms with Crippen molar-refractivity contribution >= 4 is 16.9 Å². The van der Waals surface area contributed by atoms with Crippen LogP contribution in [0.3, 0.4) is 0 Å². The minimum Gasteiger partial charge on any atom is -0.450 e. The van der Waals surface area contributed by atoms with Crippen molar-refractivity contribution in [3.05, 3.63) is 75.7 Å². The number of aromatic nitrogens is 1. The van der Waals surface area contributed by atoms with E-state index >= 15 is 0 Å². The molecule has 0 saturated heterocycles. The molecule has 0 unspecified atom stereocenters. The SMILES string of the molecule is CN(C)CCCN1C(=O)c2oc3ccc(F)cc3c(=O)c2[C@H]1c1cccnc1. The Morgan fingerprint density at radius 3 is 2.79 bits per heavy atom. The smallest absolute Gasteiger partial charge is 0.290 e. The van der Waals surface area contributed by atoms with Gasteiger partial charge in [0, 0.05) is 18.9 Å². The normalized spacial score (nSPS) is 16.2. The zero-order chi connectivity index (χ0) is 19.8. The molecule has 3 aromatic rings. The summed E-state index contributed by atoms with van der Waals surface area (Å²) in [5, 5.41) is 0.135. The maximum absolute atomic E-state index is 13.7. The van der Waals surface area contributed by atoms with Crippen molar-refractivity contribution in [1.82, 2.24) is 14.8 Å². The Kier molecular flexibility index (Phi) is 4.68. The lowest BCUT2D eigenvalue weighted by Gasteiger charge is -2.25. The summed E-state index contributed by atoms with van der Waals surface area (Å²) in [6.45, 7) is 1.26. The van der Waals surface area contributed by atoms with Crippen LogP contribution in [0.4, 0.5) is 4.39 Å². The minimum absolute atomic E-state index is 0.0304. The standard InChI is InChI=1S/C21H20FN3O3/c1-24(2)9-4-10-25-18(13-5-3-8-23-12-13)17-19(26)15-11-14(22)6-7-16(15)28-20(17)21(25)27/h3,5-8,11-12,18H,4,9-10H2,1-2H3/t18-/m1/s1. The summed E-state index contributed by atoms with van der Waals surface area (Å²) in [6.07, 6.45) is 4.02. The molecule has 0 N–H and O–H groups in total. The van der Waals surface area contributed by atoms with E-state index in [1.807, 2.05) is 25.1 Å². The number of nitrogens with zero attached hydrogens (tertiary/aromatic N) is 3. The van der Waals surface area contributed by atoms with Gasteiger partial charge in [0.15, 0.2) is 5.43 Å². The van der Waals surface area contributed by atoms with E-state index in [9.17, 15) is 14.0 Å². The number of rotatable bonds is 5. The second kappa shape index (κ2) is 7.16. The fourth-order valence-corrected chi connectivity index (χ4v) is 3.66. The van der Waals surface area contributed by atoms with Crippen molar-refractivity contribution in [2.24, 2.45) is 0 Å². The fraction of sp³-hybridized carbons (Fsp3) is 0.286. The van der Waals surface area contributed by atoms with Crippen molar-refractivity contribution in [3.63, 3.8) is 0 Å². The molecular weight excluding hydrogens is 361 g/mol. The van der Waals surface area contributed by atoms with Gasteiger partial charge in [-0.05, 0) is 56.9 Å². The van der Waals surface area contributed by atoms with Crippen LogP contribution in [0.2, 0.25) is 0 Å². The molecule has 28 heavy (non-hydrogen) atoms. The molecule has 6 nitrogen and oxygen atoms in total. The van der Waals surface area contributed by atoms with Crippen LogP contribution in [0.15, 0.2) is 51.9 Å². The summed E-state index contributed by atoms with van der Waals surface area (Å²) in [6, 6.07) is 6.74. The van der Waals surface area contributed by atoms with E-state index in [-0.39, 0.29) is 33.6 Å². The minimum atomic E-state index is -0.595. The van der Waals surface area contributed by atoms with Crippen LogP contribution in [0.5, 0.6) is 0 Å². The molecule has 0 spiro atoms. The van der Waals surface area contributed by atoms with Crippen LogP contribution in [0.25, 0.3) is 11.0 Å². The molecular formula is C21H20FN3O3. The highest BCUT2D eigenvalue weighted by Crippen LogP contribution is 2.37. The van der Waals surface area contributed by atoms with Crippen molar-refractivity contribution in [2.75, 3.05) is 27.2 Å².